The van der Waals surface area contributed by atoms with Gasteiger partial charge in [-0.1, -0.05) is 13.0 Å². The van der Waals surface area contributed by atoms with Gasteiger partial charge in [0.25, 0.3) is 0 Å². The first kappa shape index (κ1) is 12.1. The van der Waals surface area contributed by atoms with Crippen LogP contribution in [-0.4, -0.2) is 9.97 Å². The van der Waals surface area contributed by atoms with Crippen LogP contribution in [0.15, 0.2) is 28.9 Å². The summed E-state index contributed by atoms with van der Waals surface area (Å²) in [7, 11) is 0. The van der Waals surface area contributed by atoms with E-state index in [0.29, 0.717) is 16.8 Å². The molecule has 17 heavy (non-hydrogen) atoms. The standard InChI is InChI=1S/C12H9BrF2N2/c1-2-11-16-9(6-10(13)17-11)12-7(14)4-3-5-8(12)15/h3-6H,2H2,1H3. The first-order valence-electron chi connectivity index (χ1n) is 5.09. The van der Waals surface area contributed by atoms with E-state index in [2.05, 4.69) is 25.9 Å². The van der Waals surface area contributed by atoms with Gasteiger partial charge in [0.05, 0.1) is 11.3 Å². The van der Waals surface area contributed by atoms with Crippen LogP contribution in [0.3, 0.4) is 0 Å². The highest BCUT2D eigenvalue weighted by Crippen LogP contribution is 2.26. The molecule has 0 amide bonds. The lowest BCUT2D eigenvalue weighted by molar-refractivity contribution is 0.588. The van der Waals surface area contributed by atoms with Gasteiger partial charge < -0.3 is 0 Å². The smallest absolute Gasteiger partial charge is 0.135 e. The first-order valence-corrected chi connectivity index (χ1v) is 5.89. The molecule has 0 unspecified atom stereocenters. The number of nitrogens with zero attached hydrogens (tertiary/aromatic N) is 2. The van der Waals surface area contributed by atoms with Crippen molar-refractivity contribution in [2.75, 3.05) is 0 Å². The van der Waals surface area contributed by atoms with E-state index in [4.69, 9.17) is 0 Å². The molecule has 0 spiro atoms. The van der Waals surface area contributed by atoms with E-state index in [1.807, 2.05) is 6.92 Å². The summed E-state index contributed by atoms with van der Waals surface area (Å²) in [6.07, 6.45) is 0.600. The molecule has 5 heteroatoms. The maximum Gasteiger partial charge on any atom is 0.135 e. The molecule has 0 atom stereocenters. The first-order chi connectivity index (χ1) is 8.11. The van der Waals surface area contributed by atoms with Crippen molar-refractivity contribution in [3.63, 3.8) is 0 Å². The Hall–Kier alpha value is -1.36. The lowest BCUT2D eigenvalue weighted by atomic mass is 10.1. The number of hydrogen-bond acceptors (Lipinski definition) is 2. The van der Waals surface area contributed by atoms with Crippen molar-refractivity contribution in [2.24, 2.45) is 0 Å². The van der Waals surface area contributed by atoms with Crippen LogP contribution in [-0.2, 0) is 6.42 Å². The molecule has 1 aromatic heterocycles. The molecule has 1 heterocycles. The highest BCUT2D eigenvalue weighted by atomic mass is 79.9. The Bertz CT molecular complexity index is 538. The maximum atomic E-state index is 13.6. The molecule has 0 aliphatic rings. The number of benzene rings is 1. The second kappa shape index (κ2) is 4.87. The molecular weight excluding hydrogens is 290 g/mol. The van der Waals surface area contributed by atoms with Gasteiger partial charge >= 0.3 is 0 Å². The minimum absolute atomic E-state index is 0.120. The molecule has 0 saturated carbocycles. The van der Waals surface area contributed by atoms with E-state index >= 15 is 0 Å². The summed E-state index contributed by atoms with van der Waals surface area (Å²) in [6, 6.07) is 5.24. The highest BCUT2D eigenvalue weighted by molar-refractivity contribution is 9.10. The van der Waals surface area contributed by atoms with Crippen LogP contribution in [0.4, 0.5) is 8.78 Å². The van der Waals surface area contributed by atoms with Gasteiger partial charge in [-0.15, -0.1) is 0 Å². The fourth-order valence-corrected chi connectivity index (χ4v) is 1.91. The van der Waals surface area contributed by atoms with Gasteiger partial charge in [-0.3, -0.25) is 0 Å². The molecule has 0 fully saturated rings. The van der Waals surface area contributed by atoms with Gasteiger partial charge in [-0.2, -0.15) is 0 Å². The summed E-state index contributed by atoms with van der Waals surface area (Å²) in [4.78, 5) is 8.22. The molecule has 0 aliphatic heterocycles. The fraction of sp³-hybridized carbons (Fsp3) is 0.167. The average molecular weight is 299 g/mol. The third kappa shape index (κ3) is 2.49. The Morgan fingerprint density at radius 3 is 2.41 bits per heavy atom. The zero-order valence-corrected chi connectivity index (χ0v) is 10.6. The predicted molar refractivity (Wildman–Crippen MR) is 64.5 cm³/mol. The molecule has 0 saturated heterocycles. The monoisotopic (exact) mass is 298 g/mol. The van der Waals surface area contributed by atoms with Crippen LogP contribution in [0.2, 0.25) is 0 Å². The van der Waals surface area contributed by atoms with Crippen LogP contribution in [0.1, 0.15) is 12.7 Å². The van der Waals surface area contributed by atoms with Gasteiger partial charge in [0, 0.05) is 6.42 Å². The number of aryl methyl sites for hydroxylation is 1. The lowest BCUT2D eigenvalue weighted by Crippen LogP contribution is -1.98. The van der Waals surface area contributed by atoms with E-state index in [1.165, 1.54) is 24.3 Å². The number of aromatic nitrogens is 2. The second-order valence-electron chi connectivity index (χ2n) is 3.44. The number of halogens is 3. The van der Waals surface area contributed by atoms with Gasteiger partial charge in [-0.25, -0.2) is 18.7 Å². The van der Waals surface area contributed by atoms with Crippen LogP contribution in [0.5, 0.6) is 0 Å². The summed E-state index contributed by atoms with van der Waals surface area (Å²) in [5.74, 6) is -0.715. The van der Waals surface area contributed by atoms with Crippen LogP contribution < -0.4 is 0 Å². The second-order valence-corrected chi connectivity index (χ2v) is 4.25. The maximum absolute atomic E-state index is 13.6. The Labute approximate surface area is 106 Å². The Kier molecular flexibility index (Phi) is 3.47. The van der Waals surface area contributed by atoms with Crippen molar-refractivity contribution in [1.29, 1.82) is 0 Å². The number of rotatable bonds is 2. The Morgan fingerprint density at radius 2 is 1.82 bits per heavy atom. The highest BCUT2D eigenvalue weighted by Gasteiger charge is 2.13. The molecule has 2 nitrogen and oxygen atoms in total. The molecule has 0 aliphatic carbocycles. The molecule has 1 aromatic carbocycles. The van der Waals surface area contributed by atoms with Gasteiger partial charge in [-0.05, 0) is 34.1 Å². The van der Waals surface area contributed by atoms with E-state index in [1.54, 1.807) is 0 Å². The van der Waals surface area contributed by atoms with E-state index < -0.39 is 11.6 Å². The van der Waals surface area contributed by atoms with Gasteiger partial charge in [0.15, 0.2) is 0 Å². The molecular formula is C12H9BrF2N2. The molecule has 0 radical (unpaired) electrons. The van der Waals surface area contributed by atoms with Crippen molar-refractivity contribution in [1.82, 2.24) is 9.97 Å². The molecule has 88 valence electrons. The third-order valence-electron chi connectivity index (χ3n) is 2.28. The van der Waals surface area contributed by atoms with Gasteiger partial charge in [0.1, 0.15) is 22.1 Å². The lowest BCUT2D eigenvalue weighted by Gasteiger charge is -2.06. The summed E-state index contributed by atoms with van der Waals surface area (Å²) in [5, 5.41) is 0. The van der Waals surface area contributed by atoms with Crippen LogP contribution in [0.25, 0.3) is 11.3 Å². The predicted octanol–water partition coefficient (Wildman–Crippen LogP) is 3.75. The van der Waals surface area contributed by atoms with Crippen LogP contribution >= 0.6 is 15.9 Å². The van der Waals surface area contributed by atoms with Crippen molar-refractivity contribution in [3.8, 4) is 11.3 Å². The Balaban J connectivity index is 2.64. The Morgan fingerprint density at radius 1 is 1.18 bits per heavy atom. The van der Waals surface area contributed by atoms with Crippen molar-refractivity contribution >= 4 is 15.9 Å². The van der Waals surface area contributed by atoms with Crippen molar-refractivity contribution in [2.45, 2.75) is 13.3 Å². The minimum atomic E-state index is -0.627. The largest absolute Gasteiger partial charge is 0.233 e. The molecule has 0 bridgehead atoms. The zero-order valence-electron chi connectivity index (χ0n) is 9.04. The van der Waals surface area contributed by atoms with E-state index in [0.717, 1.165) is 0 Å². The topological polar surface area (TPSA) is 25.8 Å². The quantitative estimate of drug-likeness (QED) is 0.789. The minimum Gasteiger partial charge on any atom is -0.233 e. The summed E-state index contributed by atoms with van der Waals surface area (Å²) in [5.41, 5.74) is 0.129. The summed E-state index contributed by atoms with van der Waals surface area (Å²) in [6.45, 7) is 1.88. The van der Waals surface area contributed by atoms with Crippen molar-refractivity contribution < 1.29 is 8.78 Å². The zero-order chi connectivity index (χ0) is 12.4. The van der Waals surface area contributed by atoms with E-state index in [9.17, 15) is 8.78 Å². The molecule has 0 N–H and O–H groups in total. The molecule has 2 aromatic rings. The summed E-state index contributed by atoms with van der Waals surface area (Å²) < 4.78 is 27.7. The van der Waals surface area contributed by atoms with Crippen LogP contribution in [0, 0.1) is 11.6 Å². The van der Waals surface area contributed by atoms with Gasteiger partial charge in [0.2, 0.25) is 0 Å². The van der Waals surface area contributed by atoms with Crippen molar-refractivity contribution in [3.05, 3.63) is 46.3 Å². The molecule has 2 rings (SSSR count). The summed E-state index contributed by atoms with van der Waals surface area (Å²) >= 11 is 3.20. The number of hydrogen-bond donors (Lipinski definition) is 0. The normalized spacial score (nSPS) is 10.6. The SMILES string of the molecule is CCc1nc(Br)cc(-c2c(F)cccc2F)n1. The average Bonchev–Trinajstić information content (AvgIpc) is 2.28. The third-order valence-corrected chi connectivity index (χ3v) is 2.68. The van der Waals surface area contributed by atoms with E-state index in [-0.39, 0.29) is 11.3 Å². The fourth-order valence-electron chi connectivity index (χ4n) is 1.49.